The van der Waals surface area contributed by atoms with Crippen molar-refractivity contribution in [3.63, 3.8) is 0 Å². The van der Waals surface area contributed by atoms with Crippen LogP contribution in [0.4, 0.5) is 11.5 Å². The van der Waals surface area contributed by atoms with E-state index in [-0.39, 0.29) is 11.9 Å². The molecule has 0 bridgehead atoms. The molecule has 6 heteroatoms. The number of carbonyl (C=O) groups is 1. The fourth-order valence-corrected chi connectivity index (χ4v) is 2.56. The molecule has 3 N–H and O–H groups in total. The maximum atomic E-state index is 11.9. The Labute approximate surface area is 124 Å². The van der Waals surface area contributed by atoms with E-state index in [1.165, 1.54) is 0 Å². The summed E-state index contributed by atoms with van der Waals surface area (Å²) in [5.41, 5.74) is 6.68. The minimum atomic E-state index is -0.0321. The van der Waals surface area contributed by atoms with Crippen LogP contribution in [0.25, 0.3) is 0 Å². The average molecular weight is 290 g/mol. The Morgan fingerprint density at radius 3 is 2.81 bits per heavy atom. The van der Waals surface area contributed by atoms with E-state index in [2.05, 4.69) is 15.2 Å². The number of nitrogens with one attached hydrogen (secondary N) is 1. The van der Waals surface area contributed by atoms with Gasteiger partial charge in [-0.3, -0.25) is 4.79 Å². The molecule has 1 unspecified atom stereocenters. The highest BCUT2D eigenvalue weighted by atomic mass is 16.5. The highest BCUT2D eigenvalue weighted by molar-refractivity contribution is 5.91. The van der Waals surface area contributed by atoms with E-state index in [1.54, 1.807) is 6.20 Å². The van der Waals surface area contributed by atoms with Crippen molar-refractivity contribution in [2.45, 2.75) is 25.3 Å². The SMILES string of the molecule is NC(CC(=O)Nc1ccc(N2CCOCC2)nc1)C1CC1. The minimum absolute atomic E-state index is 0.00872. The number of ether oxygens (including phenoxy) is 1. The van der Waals surface area contributed by atoms with Crippen molar-refractivity contribution in [3.05, 3.63) is 18.3 Å². The summed E-state index contributed by atoms with van der Waals surface area (Å²) in [6.07, 6.45) is 4.40. The van der Waals surface area contributed by atoms with Crippen LogP contribution in [-0.2, 0) is 9.53 Å². The summed E-state index contributed by atoms with van der Waals surface area (Å²) in [6.45, 7) is 3.18. The van der Waals surface area contributed by atoms with E-state index in [4.69, 9.17) is 10.5 Å². The molecule has 1 aliphatic carbocycles. The topological polar surface area (TPSA) is 80.5 Å². The molecular weight excluding hydrogens is 268 g/mol. The van der Waals surface area contributed by atoms with Crippen LogP contribution in [0.3, 0.4) is 0 Å². The van der Waals surface area contributed by atoms with Gasteiger partial charge in [-0.25, -0.2) is 4.98 Å². The standard InChI is InChI=1S/C15H22N4O2/c16-13(11-1-2-11)9-15(20)18-12-3-4-14(17-10-12)19-5-7-21-8-6-19/h3-4,10-11,13H,1-2,5-9,16H2,(H,18,20). The number of rotatable bonds is 5. The van der Waals surface area contributed by atoms with Crippen LogP contribution >= 0.6 is 0 Å². The van der Waals surface area contributed by atoms with Crippen molar-refractivity contribution in [1.29, 1.82) is 0 Å². The smallest absolute Gasteiger partial charge is 0.225 e. The second-order valence-corrected chi connectivity index (χ2v) is 5.76. The quantitative estimate of drug-likeness (QED) is 0.845. The van der Waals surface area contributed by atoms with E-state index in [1.807, 2.05) is 12.1 Å². The number of morpholine rings is 1. The molecule has 3 rings (SSSR count). The fourth-order valence-electron chi connectivity index (χ4n) is 2.56. The molecule has 1 atom stereocenters. The molecule has 1 aromatic heterocycles. The number of amides is 1. The zero-order valence-electron chi connectivity index (χ0n) is 12.1. The molecule has 1 aliphatic heterocycles. The number of nitrogens with two attached hydrogens (primary N) is 1. The predicted molar refractivity (Wildman–Crippen MR) is 81.2 cm³/mol. The summed E-state index contributed by atoms with van der Waals surface area (Å²) >= 11 is 0. The third-order valence-corrected chi connectivity index (χ3v) is 4.02. The van der Waals surface area contributed by atoms with E-state index in [0.29, 0.717) is 12.3 Å². The molecule has 1 saturated heterocycles. The zero-order valence-corrected chi connectivity index (χ0v) is 12.1. The zero-order chi connectivity index (χ0) is 14.7. The lowest BCUT2D eigenvalue weighted by Crippen LogP contribution is -2.36. The van der Waals surface area contributed by atoms with Crippen LogP contribution in [0.5, 0.6) is 0 Å². The molecule has 2 fully saturated rings. The second kappa shape index (κ2) is 6.41. The molecule has 1 aromatic rings. The van der Waals surface area contributed by atoms with Crippen LogP contribution in [0.15, 0.2) is 18.3 Å². The summed E-state index contributed by atoms with van der Waals surface area (Å²) < 4.78 is 5.32. The van der Waals surface area contributed by atoms with Crippen molar-refractivity contribution in [3.8, 4) is 0 Å². The number of aromatic nitrogens is 1. The second-order valence-electron chi connectivity index (χ2n) is 5.76. The first kappa shape index (κ1) is 14.3. The van der Waals surface area contributed by atoms with Crippen LogP contribution in [0, 0.1) is 5.92 Å². The van der Waals surface area contributed by atoms with E-state index in [9.17, 15) is 4.79 Å². The van der Waals surface area contributed by atoms with Crippen LogP contribution < -0.4 is 16.0 Å². The lowest BCUT2D eigenvalue weighted by atomic mass is 10.1. The average Bonchev–Trinajstić information content (AvgIpc) is 3.33. The molecule has 6 nitrogen and oxygen atoms in total. The summed E-state index contributed by atoms with van der Waals surface area (Å²) in [6, 6.07) is 3.81. The van der Waals surface area contributed by atoms with Gasteiger partial charge >= 0.3 is 0 Å². The first-order valence-corrected chi connectivity index (χ1v) is 7.56. The van der Waals surface area contributed by atoms with Gasteiger partial charge in [-0.15, -0.1) is 0 Å². The number of anilines is 2. The number of pyridine rings is 1. The van der Waals surface area contributed by atoms with Crippen LogP contribution in [-0.4, -0.2) is 43.2 Å². The minimum Gasteiger partial charge on any atom is -0.378 e. The lowest BCUT2D eigenvalue weighted by Gasteiger charge is -2.27. The molecule has 0 spiro atoms. The first-order chi connectivity index (χ1) is 10.2. The predicted octanol–water partition coefficient (Wildman–Crippen LogP) is 0.984. The van der Waals surface area contributed by atoms with Crippen molar-refractivity contribution < 1.29 is 9.53 Å². The van der Waals surface area contributed by atoms with Gasteiger partial charge in [-0.2, -0.15) is 0 Å². The Bertz CT molecular complexity index is 481. The van der Waals surface area contributed by atoms with Crippen molar-refractivity contribution in [1.82, 2.24) is 4.98 Å². The van der Waals surface area contributed by atoms with Gasteiger partial charge in [-0.1, -0.05) is 0 Å². The fraction of sp³-hybridized carbons (Fsp3) is 0.600. The number of carbonyl (C=O) groups excluding carboxylic acids is 1. The molecule has 114 valence electrons. The highest BCUT2D eigenvalue weighted by Gasteiger charge is 2.29. The Morgan fingerprint density at radius 1 is 1.43 bits per heavy atom. The largest absolute Gasteiger partial charge is 0.378 e. The van der Waals surface area contributed by atoms with Crippen molar-refractivity contribution in [2.75, 3.05) is 36.5 Å². The summed E-state index contributed by atoms with van der Waals surface area (Å²) in [5.74, 6) is 1.43. The number of hydrogen-bond acceptors (Lipinski definition) is 5. The molecule has 0 aromatic carbocycles. The maximum Gasteiger partial charge on any atom is 0.225 e. The number of hydrogen-bond donors (Lipinski definition) is 2. The van der Waals surface area contributed by atoms with Crippen LogP contribution in [0.1, 0.15) is 19.3 Å². The van der Waals surface area contributed by atoms with E-state index < -0.39 is 0 Å². The third-order valence-electron chi connectivity index (χ3n) is 4.02. The lowest BCUT2D eigenvalue weighted by molar-refractivity contribution is -0.116. The van der Waals surface area contributed by atoms with Crippen LogP contribution in [0.2, 0.25) is 0 Å². The van der Waals surface area contributed by atoms with Gasteiger partial charge < -0.3 is 20.7 Å². The molecule has 2 aliphatic rings. The summed E-state index contributed by atoms with van der Waals surface area (Å²) in [7, 11) is 0. The molecule has 2 heterocycles. The molecule has 1 amide bonds. The van der Waals surface area contributed by atoms with Gasteiger partial charge in [0.05, 0.1) is 25.1 Å². The Hall–Kier alpha value is -1.66. The van der Waals surface area contributed by atoms with Crippen molar-refractivity contribution >= 4 is 17.4 Å². The van der Waals surface area contributed by atoms with Gasteiger partial charge in [-0.05, 0) is 30.9 Å². The first-order valence-electron chi connectivity index (χ1n) is 7.56. The Morgan fingerprint density at radius 2 is 2.19 bits per heavy atom. The monoisotopic (exact) mass is 290 g/mol. The van der Waals surface area contributed by atoms with Gasteiger partial charge in [0.2, 0.25) is 5.91 Å². The summed E-state index contributed by atoms with van der Waals surface area (Å²) in [4.78, 5) is 18.5. The Kier molecular flexibility index (Phi) is 4.36. The molecular formula is C15H22N4O2. The van der Waals surface area contributed by atoms with Gasteiger partial charge in [0.25, 0.3) is 0 Å². The van der Waals surface area contributed by atoms with E-state index in [0.717, 1.165) is 50.7 Å². The van der Waals surface area contributed by atoms with E-state index >= 15 is 0 Å². The Balaban J connectivity index is 1.52. The third kappa shape index (κ3) is 3.92. The molecule has 21 heavy (non-hydrogen) atoms. The van der Waals surface area contributed by atoms with Gasteiger partial charge in [0.15, 0.2) is 0 Å². The van der Waals surface area contributed by atoms with Gasteiger partial charge in [0.1, 0.15) is 5.82 Å². The molecule has 0 radical (unpaired) electrons. The maximum absolute atomic E-state index is 11.9. The van der Waals surface area contributed by atoms with Gasteiger partial charge in [0, 0.05) is 25.6 Å². The van der Waals surface area contributed by atoms with Crippen molar-refractivity contribution in [2.24, 2.45) is 11.7 Å². The molecule has 1 saturated carbocycles. The number of nitrogens with zero attached hydrogens (tertiary/aromatic N) is 2. The summed E-state index contributed by atoms with van der Waals surface area (Å²) in [5, 5.41) is 2.86. The normalized spacial score (nSPS) is 20.1. The highest BCUT2D eigenvalue weighted by Crippen LogP contribution is 2.32.